The van der Waals surface area contributed by atoms with Gasteiger partial charge in [-0.3, -0.25) is 13.9 Å². The Hall–Kier alpha value is -4.61. The number of nitrogens with zero attached hydrogens (tertiary/aromatic N) is 3. The number of amides is 1. The van der Waals surface area contributed by atoms with E-state index < -0.39 is 59.6 Å². The summed E-state index contributed by atoms with van der Waals surface area (Å²) in [4.78, 5) is 42.5. The summed E-state index contributed by atoms with van der Waals surface area (Å²) in [5.41, 5.74) is -0.365. The zero-order valence-corrected chi connectivity index (χ0v) is 35.0. The van der Waals surface area contributed by atoms with Gasteiger partial charge in [-0.1, -0.05) is 29.3 Å². The number of hydrogen-bond acceptors (Lipinski definition) is 11. The van der Waals surface area contributed by atoms with Crippen molar-refractivity contribution in [3.05, 3.63) is 80.7 Å². The van der Waals surface area contributed by atoms with Crippen LogP contribution in [0.3, 0.4) is 0 Å². The van der Waals surface area contributed by atoms with Crippen molar-refractivity contribution in [3.63, 3.8) is 0 Å². The number of thiol groups is 1. The van der Waals surface area contributed by atoms with Crippen LogP contribution in [0.2, 0.25) is 10.0 Å². The molecule has 0 radical (unpaired) electrons. The van der Waals surface area contributed by atoms with Gasteiger partial charge in [-0.15, -0.1) is 0 Å². The van der Waals surface area contributed by atoms with Crippen molar-refractivity contribution in [2.45, 2.75) is 90.1 Å². The quantitative estimate of drug-likeness (QED) is 0.0633. The third-order valence-electron chi connectivity index (χ3n) is 9.77. The van der Waals surface area contributed by atoms with Gasteiger partial charge in [0.25, 0.3) is 5.91 Å². The van der Waals surface area contributed by atoms with E-state index in [4.69, 9.17) is 46.9 Å². The number of ether oxygens (including phenoxy) is 5. The summed E-state index contributed by atoms with van der Waals surface area (Å²) < 4.78 is 81.1. The van der Waals surface area contributed by atoms with Gasteiger partial charge in [0.1, 0.15) is 40.1 Å². The van der Waals surface area contributed by atoms with Gasteiger partial charge in [0, 0.05) is 24.1 Å². The number of aromatic nitrogens is 1. The Morgan fingerprint density at radius 3 is 2.15 bits per heavy atom. The molecular weight excluding hydrogens is 839 g/mol. The number of likely N-dealkylation sites (tertiary alicyclic amines) is 1. The van der Waals surface area contributed by atoms with E-state index in [0.29, 0.717) is 29.2 Å². The van der Waals surface area contributed by atoms with Crippen LogP contribution < -0.4 is 23.2 Å². The Morgan fingerprint density at radius 2 is 1.56 bits per heavy atom. The lowest BCUT2D eigenvalue weighted by molar-refractivity contribution is -0.605. The van der Waals surface area contributed by atoms with E-state index in [1.165, 1.54) is 41.3 Å². The van der Waals surface area contributed by atoms with E-state index in [1.54, 1.807) is 20.8 Å². The van der Waals surface area contributed by atoms with Gasteiger partial charge in [0.15, 0.2) is 23.9 Å². The molecule has 3 aromatic rings. The maximum Gasteiger partial charge on any atom is 0.387 e. The lowest BCUT2D eigenvalue weighted by atomic mass is 10.0. The number of carbonyl (C=O) groups excluding carboxylic acids is 3. The Morgan fingerprint density at radius 1 is 0.932 bits per heavy atom. The molecule has 0 bridgehead atoms. The molecule has 2 saturated carbocycles. The molecule has 1 aromatic heterocycles. The number of hydrogen-bond donors (Lipinski definition) is 1. The molecule has 0 unspecified atom stereocenters. The number of benzene rings is 2. The van der Waals surface area contributed by atoms with Crippen LogP contribution in [-0.4, -0.2) is 75.7 Å². The number of anilines is 1. The molecule has 1 saturated heterocycles. The van der Waals surface area contributed by atoms with E-state index in [0.717, 1.165) is 42.4 Å². The summed E-state index contributed by atoms with van der Waals surface area (Å²) >= 11 is 12.8. The molecule has 1 amide bonds. The first kappa shape index (κ1) is 44.0. The number of esters is 2. The van der Waals surface area contributed by atoms with Crippen molar-refractivity contribution >= 4 is 57.6 Å². The minimum absolute atomic E-state index is 0.00280. The maximum absolute atomic E-state index is 14.2. The topological polar surface area (TPSA) is 165 Å². The predicted molar refractivity (Wildman–Crippen MR) is 211 cm³/mol. The van der Waals surface area contributed by atoms with E-state index in [1.807, 2.05) is 0 Å². The first-order chi connectivity index (χ1) is 27.9. The average Bonchev–Trinajstić information content (AvgIpc) is 4.10. The highest BCUT2D eigenvalue weighted by atomic mass is 35.5. The zero-order valence-electron chi connectivity index (χ0n) is 32.6. The third-order valence-corrected chi connectivity index (χ3v) is 11.2. The van der Waals surface area contributed by atoms with Crippen molar-refractivity contribution in [1.82, 2.24) is 4.90 Å². The fraction of sp³-hybridized carbons (Fsp3) is 0.500. The normalized spacial score (nSPS) is 17.2. The van der Waals surface area contributed by atoms with Gasteiger partial charge in [-0.2, -0.15) is 13.5 Å². The molecule has 0 spiro atoms. The largest absolute Gasteiger partial charge is 0.619 e. The van der Waals surface area contributed by atoms with Crippen LogP contribution in [0.25, 0.3) is 0 Å². The lowest BCUT2D eigenvalue weighted by Gasteiger charge is -2.28. The van der Waals surface area contributed by atoms with Crippen LogP contribution in [0.5, 0.6) is 17.2 Å². The predicted octanol–water partition coefficient (Wildman–Crippen LogP) is 6.61. The highest BCUT2D eigenvalue weighted by Gasteiger charge is 2.38. The second-order valence-corrected chi connectivity index (χ2v) is 17.5. The van der Waals surface area contributed by atoms with Gasteiger partial charge >= 0.3 is 18.6 Å². The second kappa shape index (κ2) is 18.8. The van der Waals surface area contributed by atoms with Crippen molar-refractivity contribution in [1.29, 1.82) is 0 Å². The van der Waals surface area contributed by atoms with Crippen molar-refractivity contribution in [2.24, 2.45) is 11.8 Å². The Bertz CT molecular complexity index is 2100. The SMILES string of the molecule is CC(C)(C)OC(=O)CN(c1cc(C(=O)N2CCC[C@H]2C(=O)O[C@@H](Cc2c(Cl)c[n+]([O-])cc2Cl)c2ccc(OC(F)F)c(OCC3CC3)c2)ccc1OCC1CC1)[SH](=O)=O. The van der Waals surface area contributed by atoms with E-state index in [2.05, 4.69) is 0 Å². The van der Waals surface area contributed by atoms with Crippen LogP contribution in [0.15, 0.2) is 48.8 Å². The number of rotatable bonds is 18. The van der Waals surface area contributed by atoms with Gasteiger partial charge < -0.3 is 33.8 Å². The molecule has 2 atom stereocenters. The van der Waals surface area contributed by atoms with E-state index in [9.17, 15) is 36.8 Å². The summed E-state index contributed by atoms with van der Waals surface area (Å²) in [6.45, 7) is 1.83. The van der Waals surface area contributed by atoms with E-state index in [-0.39, 0.29) is 76.0 Å². The van der Waals surface area contributed by atoms with Crippen LogP contribution in [0.4, 0.5) is 14.5 Å². The molecule has 2 aliphatic carbocycles. The average molecular weight is 885 g/mol. The van der Waals surface area contributed by atoms with Gasteiger partial charge in [-0.05, 0) is 107 Å². The lowest BCUT2D eigenvalue weighted by Crippen LogP contribution is -2.42. The summed E-state index contributed by atoms with van der Waals surface area (Å²) in [6, 6.07) is 7.22. The maximum atomic E-state index is 14.2. The van der Waals surface area contributed by atoms with Crippen LogP contribution in [0, 0.1) is 17.0 Å². The number of halogens is 4. The van der Waals surface area contributed by atoms with Crippen LogP contribution >= 0.6 is 23.2 Å². The number of pyridine rings is 1. The van der Waals surface area contributed by atoms with E-state index >= 15 is 0 Å². The molecule has 19 heteroatoms. The standard InChI is InChI=1S/C40H45Cl2F2N3O11S/c1-40(2,3)58-36(48)20-47(59(52)53)31-15-26(11-12-32(31)54-21-23-6-7-23)37(49)46-14-4-5-30(46)38(50)56-34(17-27-28(41)18-45(51)19-29(27)42)25-10-13-33(57-39(43)44)35(16-25)55-22-24-8-9-24/h10-13,15-16,18-19,23-24,30,34,39,59H,4-9,14,17,20-22H2,1-3H3/t30-,34-/m0/s1. The van der Waals surface area contributed by atoms with Gasteiger partial charge in [0.05, 0.1) is 18.9 Å². The van der Waals surface area contributed by atoms with Gasteiger partial charge in [-0.25, -0.2) is 13.2 Å². The minimum atomic E-state index is -3.41. The van der Waals surface area contributed by atoms with Crippen molar-refractivity contribution < 1.29 is 60.0 Å². The molecule has 0 N–H and O–H groups in total. The van der Waals surface area contributed by atoms with Crippen LogP contribution in [-0.2, 0) is 36.4 Å². The van der Waals surface area contributed by atoms with Crippen LogP contribution in [0.1, 0.15) is 86.9 Å². The molecule has 59 heavy (non-hydrogen) atoms. The smallest absolute Gasteiger partial charge is 0.387 e. The molecule has 6 rings (SSSR count). The van der Waals surface area contributed by atoms with Gasteiger partial charge in [0.2, 0.25) is 10.9 Å². The Kier molecular flexibility index (Phi) is 14.0. The molecule has 1 aliphatic heterocycles. The third kappa shape index (κ3) is 12.0. The number of alkyl halides is 2. The highest BCUT2D eigenvalue weighted by molar-refractivity contribution is 7.74. The fourth-order valence-electron chi connectivity index (χ4n) is 6.49. The first-order valence-corrected chi connectivity index (χ1v) is 21.0. The molecule has 2 heterocycles. The highest BCUT2D eigenvalue weighted by Crippen LogP contribution is 2.39. The Labute approximate surface area is 351 Å². The molecular formula is C40H45Cl2F2N3O11S. The fourth-order valence-corrected chi connectivity index (χ4v) is 7.66. The first-order valence-electron chi connectivity index (χ1n) is 19.2. The Balaban J connectivity index is 1.29. The minimum Gasteiger partial charge on any atom is -0.619 e. The van der Waals surface area contributed by atoms with Crippen molar-refractivity contribution in [2.75, 3.05) is 30.6 Å². The monoisotopic (exact) mass is 883 g/mol. The summed E-state index contributed by atoms with van der Waals surface area (Å²) in [6.07, 6.45) is 5.22. The summed E-state index contributed by atoms with van der Waals surface area (Å²) in [7, 11) is -3.41. The molecule has 14 nitrogen and oxygen atoms in total. The van der Waals surface area contributed by atoms with Crippen molar-refractivity contribution in [3.8, 4) is 17.2 Å². The molecule has 3 fully saturated rings. The summed E-state index contributed by atoms with van der Waals surface area (Å²) in [5, 5.41) is 12.0. The summed E-state index contributed by atoms with van der Waals surface area (Å²) in [5.74, 6) is -1.77. The zero-order chi connectivity index (χ0) is 42.6. The molecule has 3 aliphatic rings. The number of carbonyl (C=O) groups is 3. The second-order valence-electron chi connectivity index (χ2n) is 15.7. The molecule has 320 valence electrons. The molecule has 2 aromatic carbocycles.